The summed E-state index contributed by atoms with van der Waals surface area (Å²) in [6.45, 7) is 5.28. The molecule has 1 saturated heterocycles. The molecule has 88 valence electrons. The van der Waals surface area contributed by atoms with Gasteiger partial charge in [0.2, 0.25) is 0 Å². The third kappa shape index (κ3) is 3.52. The van der Waals surface area contributed by atoms with Crippen molar-refractivity contribution in [3.63, 3.8) is 0 Å². The van der Waals surface area contributed by atoms with Gasteiger partial charge in [0, 0.05) is 0 Å². The van der Waals surface area contributed by atoms with Crippen LogP contribution in [0.2, 0.25) is 0 Å². The maximum atomic E-state index is 12.0. The lowest BCUT2D eigenvalue weighted by atomic mass is 10.1. The summed E-state index contributed by atoms with van der Waals surface area (Å²) in [5.74, 6) is 0.308. The molecule has 0 saturated carbocycles. The zero-order valence-electron chi connectivity index (χ0n) is 9.31. The summed E-state index contributed by atoms with van der Waals surface area (Å²) < 4.78 is 29.1. The second-order valence-electron chi connectivity index (χ2n) is 4.12. The van der Waals surface area contributed by atoms with Crippen molar-refractivity contribution in [1.82, 2.24) is 0 Å². The fourth-order valence-electron chi connectivity index (χ4n) is 2.10. The van der Waals surface area contributed by atoms with Gasteiger partial charge in [0.15, 0.2) is 9.84 Å². The van der Waals surface area contributed by atoms with E-state index in [1.54, 1.807) is 0 Å². The Balaban J connectivity index is 2.75. The van der Waals surface area contributed by atoms with Crippen LogP contribution in [0.1, 0.15) is 39.0 Å². The molecule has 1 heterocycles. The molecule has 2 unspecified atom stereocenters. The van der Waals surface area contributed by atoms with E-state index in [4.69, 9.17) is 4.74 Å². The summed E-state index contributed by atoms with van der Waals surface area (Å²) in [4.78, 5) is 0. The Morgan fingerprint density at radius 3 is 2.67 bits per heavy atom. The number of hydrogen-bond donors (Lipinski definition) is 0. The molecule has 1 rings (SSSR count). The van der Waals surface area contributed by atoms with Crippen molar-refractivity contribution >= 4 is 9.84 Å². The molecule has 0 aromatic rings. The van der Waals surface area contributed by atoms with E-state index in [1.165, 1.54) is 6.26 Å². The molecular formula is C11H20O3S. The molecular weight excluding hydrogens is 212 g/mol. The quantitative estimate of drug-likeness (QED) is 0.701. The Morgan fingerprint density at radius 2 is 2.00 bits per heavy atom. The van der Waals surface area contributed by atoms with Gasteiger partial charge in [-0.25, -0.2) is 8.42 Å². The zero-order valence-corrected chi connectivity index (χ0v) is 10.1. The van der Waals surface area contributed by atoms with Crippen molar-refractivity contribution in [2.75, 3.05) is 5.75 Å². The number of rotatable bonds is 3. The Hall–Kier alpha value is -0.510. The van der Waals surface area contributed by atoms with Crippen LogP contribution >= 0.6 is 0 Å². The molecule has 2 atom stereocenters. The average Bonchev–Trinajstić information content (AvgIpc) is 2.13. The SMILES string of the molecule is C=COC(C)C1CCCCCCS1(=O)=O. The summed E-state index contributed by atoms with van der Waals surface area (Å²) in [5, 5.41) is -0.351. The van der Waals surface area contributed by atoms with Crippen molar-refractivity contribution in [2.45, 2.75) is 50.4 Å². The summed E-state index contributed by atoms with van der Waals surface area (Å²) in [5.41, 5.74) is 0. The maximum Gasteiger partial charge on any atom is 0.156 e. The molecule has 15 heavy (non-hydrogen) atoms. The first-order chi connectivity index (χ1) is 7.08. The Labute approximate surface area is 92.4 Å². The second kappa shape index (κ2) is 5.54. The highest BCUT2D eigenvalue weighted by molar-refractivity contribution is 7.92. The molecule has 0 amide bonds. The second-order valence-corrected chi connectivity index (χ2v) is 6.46. The molecule has 3 nitrogen and oxygen atoms in total. The van der Waals surface area contributed by atoms with Crippen LogP contribution in [0, 0.1) is 0 Å². The van der Waals surface area contributed by atoms with Crippen LogP contribution in [0.5, 0.6) is 0 Å². The highest BCUT2D eigenvalue weighted by Gasteiger charge is 2.31. The number of sulfone groups is 1. The van der Waals surface area contributed by atoms with Crippen LogP contribution in [0.15, 0.2) is 12.8 Å². The maximum absolute atomic E-state index is 12.0. The van der Waals surface area contributed by atoms with Gasteiger partial charge in [-0.3, -0.25) is 0 Å². The lowest BCUT2D eigenvalue weighted by Gasteiger charge is -2.25. The molecule has 0 radical (unpaired) electrons. The van der Waals surface area contributed by atoms with Gasteiger partial charge < -0.3 is 4.74 Å². The standard InChI is InChI=1S/C11H20O3S/c1-3-14-10(2)11-8-6-4-5-7-9-15(11,12)13/h3,10-11H,1,4-9H2,2H3. The lowest BCUT2D eigenvalue weighted by molar-refractivity contribution is 0.152. The third-order valence-electron chi connectivity index (χ3n) is 2.96. The molecule has 0 bridgehead atoms. The molecule has 1 aliphatic rings. The van der Waals surface area contributed by atoms with E-state index in [9.17, 15) is 8.42 Å². The molecule has 1 aliphatic heterocycles. The minimum absolute atomic E-state index is 0.273. The highest BCUT2D eigenvalue weighted by Crippen LogP contribution is 2.22. The summed E-state index contributed by atoms with van der Waals surface area (Å²) in [6, 6.07) is 0. The molecule has 0 aromatic carbocycles. The zero-order chi connectivity index (χ0) is 11.3. The minimum Gasteiger partial charge on any atom is -0.498 e. The highest BCUT2D eigenvalue weighted by atomic mass is 32.2. The molecule has 0 aliphatic carbocycles. The average molecular weight is 232 g/mol. The summed E-state index contributed by atoms with van der Waals surface area (Å²) in [6.07, 6.45) is 5.71. The fourth-order valence-corrected chi connectivity index (χ4v) is 4.18. The topological polar surface area (TPSA) is 43.4 Å². The van der Waals surface area contributed by atoms with Gasteiger partial charge in [0.05, 0.1) is 17.3 Å². The summed E-state index contributed by atoms with van der Waals surface area (Å²) >= 11 is 0. The molecule has 0 N–H and O–H groups in total. The monoisotopic (exact) mass is 232 g/mol. The van der Waals surface area contributed by atoms with E-state index in [0.717, 1.165) is 32.1 Å². The van der Waals surface area contributed by atoms with Crippen LogP contribution < -0.4 is 0 Å². The van der Waals surface area contributed by atoms with Crippen molar-refractivity contribution in [3.8, 4) is 0 Å². The smallest absolute Gasteiger partial charge is 0.156 e. The Kier molecular flexibility index (Phi) is 4.64. The lowest BCUT2D eigenvalue weighted by Crippen LogP contribution is -2.35. The van der Waals surface area contributed by atoms with Crippen molar-refractivity contribution < 1.29 is 13.2 Å². The van der Waals surface area contributed by atoms with Crippen molar-refractivity contribution in [3.05, 3.63) is 12.8 Å². The van der Waals surface area contributed by atoms with Crippen LogP contribution in [0.25, 0.3) is 0 Å². The Bertz CT molecular complexity index is 295. The van der Waals surface area contributed by atoms with Gasteiger partial charge in [-0.1, -0.05) is 25.8 Å². The van der Waals surface area contributed by atoms with Gasteiger partial charge in [0.25, 0.3) is 0 Å². The van der Waals surface area contributed by atoms with Gasteiger partial charge in [0.1, 0.15) is 6.10 Å². The molecule has 4 heteroatoms. The first-order valence-corrected chi connectivity index (χ1v) is 7.27. The number of ether oxygens (including phenoxy) is 1. The van der Waals surface area contributed by atoms with Gasteiger partial charge >= 0.3 is 0 Å². The van der Waals surface area contributed by atoms with E-state index < -0.39 is 9.84 Å². The predicted molar refractivity (Wildman–Crippen MR) is 61.4 cm³/mol. The van der Waals surface area contributed by atoms with Gasteiger partial charge in [-0.2, -0.15) is 0 Å². The molecule has 0 aromatic heterocycles. The van der Waals surface area contributed by atoms with Crippen LogP contribution in [-0.2, 0) is 14.6 Å². The van der Waals surface area contributed by atoms with Crippen molar-refractivity contribution in [1.29, 1.82) is 0 Å². The van der Waals surface area contributed by atoms with Crippen LogP contribution in [-0.4, -0.2) is 25.5 Å². The predicted octanol–water partition coefficient (Wildman–Crippen LogP) is 2.28. The minimum atomic E-state index is -2.98. The normalized spacial score (nSPS) is 28.5. The van der Waals surface area contributed by atoms with E-state index in [0.29, 0.717) is 5.75 Å². The largest absolute Gasteiger partial charge is 0.498 e. The van der Waals surface area contributed by atoms with Crippen LogP contribution in [0.4, 0.5) is 0 Å². The first kappa shape index (κ1) is 12.6. The van der Waals surface area contributed by atoms with E-state index in [2.05, 4.69) is 6.58 Å². The van der Waals surface area contributed by atoms with Gasteiger partial charge in [-0.05, 0) is 19.8 Å². The number of hydrogen-bond acceptors (Lipinski definition) is 3. The van der Waals surface area contributed by atoms with Gasteiger partial charge in [-0.15, -0.1) is 0 Å². The van der Waals surface area contributed by atoms with Crippen molar-refractivity contribution in [2.24, 2.45) is 0 Å². The van der Waals surface area contributed by atoms with E-state index in [1.807, 2.05) is 6.92 Å². The molecule has 0 spiro atoms. The fraction of sp³-hybridized carbons (Fsp3) is 0.818. The van der Waals surface area contributed by atoms with Crippen LogP contribution in [0.3, 0.4) is 0 Å². The third-order valence-corrected chi connectivity index (χ3v) is 5.36. The van der Waals surface area contributed by atoms with E-state index in [-0.39, 0.29) is 11.4 Å². The summed E-state index contributed by atoms with van der Waals surface area (Å²) in [7, 11) is -2.98. The first-order valence-electron chi connectivity index (χ1n) is 5.56. The molecule has 1 fully saturated rings. The van der Waals surface area contributed by atoms with E-state index >= 15 is 0 Å². The Morgan fingerprint density at radius 1 is 1.33 bits per heavy atom.